The van der Waals surface area contributed by atoms with Gasteiger partial charge in [0.15, 0.2) is 0 Å². The van der Waals surface area contributed by atoms with Crippen LogP contribution in [0.2, 0.25) is 0 Å². The van der Waals surface area contributed by atoms with E-state index in [1.165, 1.54) is 0 Å². The smallest absolute Gasteiger partial charge is 0.205 e. The molecule has 0 aliphatic rings. The van der Waals surface area contributed by atoms with Gasteiger partial charge in [0.2, 0.25) is 5.95 Å². The molecule has 0 aliphatic heterocycles. The number of hydrogen-bond donors (Lipinski definition) is 1. The topological polar surface area (TPSA) is 66.0 Å². The summed E-state index contributed by atoms with van der Waals surface area (Å²) in [4.78, 5) is 8.38. The van der Waals surface area contributed by atoms with Crippen molar-refractivity contribution in [1.82, 2.24) is 14.5 Å². The quantitative estimate of drug-likeness (QED) is 0.762. The van der Waals surface area contributed by atoms with Crippen molar-refractivity contribution < 1.29 is 4.74 Å². The first-order valence-corrected chi connectivity index (χ1v) is 5.93. The van der Waals surface area contributed by atoms with E-state index in [-0.39, 0.29) is 0 Å². The van der Waals surface area contributed by atoms with Crippen LogP contribution in [0, 0.1) is 6.92 Å². The zero-order valence-electron chi connectivity index (χ0n) is 10.8. The Hall–Kier alpha value is -2.56. The van der Waals surface area contributed by atoms with Gasteiger partial charge in [0.05, 0.1) is 24.5 Å². The van der Waals surface area contributed by atoms with Gasteiger partial charge in [-0.05, 0) is 36.8 Å². The van der Waals surface area contributed by atoms with Gasteiger partial charge in [-0.15, -0.1) is 0 Å². The summed E-state index contributed by atoms with van der Waals surface area (Å²) in [6.07, 6.45) is 3.44. The van der Waals surface area contributed by atoms with E-state index in [1.807, 2.05) is 35.8 Å². The third-order valence-electron chi connectivity index (χ3n) is 3.13. The monoisotopic (exact) mass is 254 g/mol. The Labute approximate surface area is 110 Å². The molecule has 0 spiro atoms. The van der Waals surface area contributed by atoms with Gasteiger partial charge in [-0.25, -0.2) is 4.98 Å². The first-order chi connectivity index (χ1) is 9.20. The number of benzene rings is 1. The van der Waals surface area contributed by atoms with Crippen molar-refractivity contribution in [1.29, 1.82) is 0 Å². The molecule has 19 heavy (non-hydrogen) atoms. The van der Waals surface area contributed by atoms with Crippen LogP contribution in [-0.2, 0) is 0 Å². The molecule has 0 fully saturated rings. The maximum atomic E-state index is 6.02. The number of rotatable bonds is 2. The number of fused-ring (bicyclic) bond motifs is 1. The van der Waals surface area contributed by atoms with Gasteiger partial charge in [0.1, 0.15) is 11.3 Å². The van der Waals surface area contributed by atoms with Gasteiger partial charge in [0, 0.05) is 6.20 Å². The number of anilines is 1. The zero-order valence-corrected chi connectivity index (χ0v) is 10.8. The molecular formula is C14H14N4O. The zero-order chi connectivity index (χ0) is 13.4. The van der Waals surface area contributed by atoms with Crippen LogP contribution in [0.25, 0.3) is 16.7 Å². The summed E-state index contributed by atoms with van der Waals surface area (Å²) in [7, 11) is 1.65. The Bertz CT molecular complexity index is 748. The van der Waals surface area contributed by atoms with Gasteiger partial charge in [-0.2, -0.15) is 0 Å². The third kappa shape index (κ3) is 1.79. The lowest BCUT2D eigenvalue weighted by molar-refractivity contribution is 0.414. The van der Waals surface area contributed by atoms with Gasteiger partial charge in [-0.1, -0.05) is 0 Å². The van der Waals surface area contributed by atoms with Crippen molar-refractivity contribution in [2.24, 2.45) is 0 Å². The number of hydrogen-bond acceptors (Lipinski definition) is 4. The number of ether oxygens (including phenoxy) is 1. The first kappa shape index (κ1) is 11.5. The average Bonchev–Trinajstić information content (AvgIpc) is 2.75. The maximum absolute atomic E-state index is 6.02. The Morgan fingerprint density at radius 3 is 2.84 bits per heavy atom. The second kappa shape index (κ2) is 4.28. The van der Waals surface area contributed by atoms with Gasteiger partial charge in [-0.3, -0.25) is 9.55 Å². The van der Waals surface area contributed by atoms with Gasteiger partial charge >= 0.3 is 0 Å². The SMILES string of the molecule is COc1ccc(-n2c(N)nc3cnccc32)c(C)c1. The highest BCUT2D eigenvalue weighted by Gasteiger charge is 2.12. The molecule has 2 N–H and O–H groups in total. The van der Waals surface area contributed by atoms with Crippen molar-refractivity contribution >= 4 is 17.0 Å². The molecule has 0 amide bonds. The van der Waals surface area contributed by atoms with E-state index < -0.39 is 0 Å². The number of pyridine rings is 1. The average molecular weight is 254 g/mol. The molecule has 3 aromatic rings. The number of imidazole rings is 1. The largest absolute Gasteiger partial charge is 0.497 e. The van der Waals surface area contributed by atoms with Crippen molar-refractivity contribution in [3.05, 3.63) is 42.2 Å². The molecule has 5 nitrogen and oxygen atoms in total. The highest BCUT2D eigenvalue weighted by Crippen LogP contribution is 2.26. The molecule has 0 saturated carbocycles. The minimum Gasteiger partial charge on any atom is -0.497 e. The fourth-order valence-corrected chi connectivity index (χ4v) is 2.21. The third-order valence-corrected chi connectivity index (χ3v) is 3.13. The first-order valence-electron chi connectivity index (χ1n) is 5.93. The lowest BCUT2D eigenvalue weighted by atomic mass is 10.2. The van der Waals surface area contributed by atoms with Gasteiger partial charge in [0.25, 0.3) is 0 Å². The molecule has 0 radical (unpaired) electrons. The van der Waals surface area contributed by atoms with E-state index in [0.717, 1.165) is 28.0 Å². The number of aromatic nitrogens is 3. The number of nitrogen functional groups attached to an aromatic ring is 1. The van der Waals surface area contributed by atoms with Crippen LogP contribution >= 0.6 is 0 Å². The second-order valence-electron chi connectivity index (χ2n) is 4.32. The normalized spacial score (nSPS) is 10.8. The summed E-state index contributed by atoms with van der Waals surface area (Å²) in [5, 5.41) is 0. The van der Waals surface area contributed by atoms with Crippen LogP contribution in [-0.4, -0.2) is 21.6 Å². The van der Waals surface area contributed by atoms with Crippen LogP contribution in [0.5, 0.6) is 5.75 Å². The van der Waals surface area contributed by atoms with E-state index in [4.69, 9.17) is 10.5 Å². The standard InChI is InChI=1S/C14H14N4O/c1-9-7-10(19-2)3-4-12(9)18-13-5-6-16-8-11(13)17-14(18)15/h3-8H,1-2H3,(H2,15,17). The predicted molar refractivity (Wildman–Crippen MR) is 74.6 cm³/mol. The molecule has 5 heteroatoms. The van der Waals surface area contributed by atoms with Crippen LogP contribution in [0.4, 0.5) is 5.95 Å². The highest BCUT2D eigenvalue weighted by molar-refractivity contribution is 5.80. The highest BCUT2D eigenvalue weighted by atomic mass is 16.5. The summed E-state index contributed by atoms with van der Waals surface area (Å²) in [5.41, 5.74) is 9.81. The fourth-order valence-electron chi connectivity index (χ4n) is 2.21. The molecule has 3 rings (SSSR count). The Balaban J connectivity index is 2.27. The summed E-state index contributed by atoms with van der Waals surface area (Å²) < 4.78 is 7.14. The molecule has 2 aromatic heterocycles. The van der Waals surface area contributed by atoms with Crippen molar-refractivity contribution in [2.45, 2.75) is 6.92 Å². The molecular weight excluding hydrogens is 240 g/mol. The number of aryl methyl sites for hydroxylation is 1. The van der Waals surface area contributed by atoms with Crippen molar-refractivity contribution in [2.75, 3.05) is 12.8 Å². The molecule has 0 atom stereocenters. The lowest BCUT2D eigenvalue weighted by Gasteiger charge is -2.11. The molecule has 0 bridgehead atoms. The number of nitrogens with zero attached hydrogens (tertiary/aromatic N) is 3. The summed E-state index contributed by atoms with van der Waals surface area (Å²) in [6.45, 7) is 2.02. The molecule has 0 aliphatic carbocycles. The fraction of sp³-hybridized carbons (Fsp3) is 0.143. The Kier molecular flexibility index (Phi) is 2.59. The van der Waals surface area contributed by atoms with E-state index in [9.17, 15) is 0 Å². The van der Waals surface area contributed by atoms with E-state index in [2.05, 4.69) is 9.97 Å². The summed E-state index contributed by atoms with van der Waals surface area (Å²) in [6, 6.07) is 7.77. The van der Waals surface area contributed by atoms with Crippen LogP contribution in [0.3, 0.4) is 0 Å². The molecule has 2 heterocycles. The van der Waals surface area contributed by atoms with Crippen LogP contribution in [0.1, 0.15) is 5.56 Å². The predicted octanol–water partition coefficient (Wildman–Crippen LogP) is 2.32. The molecule has 96 valence electrons. The number of methoxy groups -OCH3 is 1. The maximum Gasteiger partial charge on any atom is 0.205 e. The Morgan fingerprint density at radius 1 is 1.26 bits per heavy atom. The van der Waals surface area contributed by atoms with Crippen molar-refractivity contribution in [3.63, 3.8) is 0 Å². The van der Waals surface area contributed by atoms with Crippen LogP contribution in [0.15, 0.2) is 36.7 Å². The number of nitrogens with two attached hydrogens (primary N) is 1. The van der Waals surface area contributed by atoms with E-state index in [1.54, 1.807) is 19.5 Å². The Morgan fingerprint density at radius 2 is 2.11 bits per heavy atom. The summed E-state index contributed by atoms with van der Waals surface area (Å²) in [5.74, 6) is 1.28. The minimum atomic E-state index is 0.455. The summed E-state index contributed by atoms with van der Waals surface area (Å²) >= 11 is 0. The molecule has 0 saturated heterocycles. The second-order valence-corrected chi connectivity index (χ2v) is 4.32. The molecule has 0 unspecified atom stereocenters. The lowest BCUT2D eigenvalue weighted by Crippen LogP contribution is -2.02. The van der Waals surface area contributed by atoms with Crippen molar-refractivity contribution in [3.8, 4) is 11.4 Å². The van der Waals surface area contributed by atoms with Gasteiger partial charge < -0.3 is 10.5 Å². The van der Waals surface area contributed by atoms with E-state index in [0.29, 0.717) is 5.95 Å². The van der Waals surface area contributed by atoms with E-state index >= 15 is 0 Å². The minimum absolute atomic E-state index is 0.455. The van der Waals surface area contributed by atoms with Crippen LogP contribution < -0.4 is 10.5 Å². The molecule has 1 aromatic carbocycles.